The first-order chi connectivity index (χ1) is 12.5. The quantitative estimate of drug-likeness (QED) is 0.373. The molecule has 130 valence electrons. The van der Waals surface area contributed by atoms with Crippen LogP contribution in [0.1, 0.15) is 15.9 Å². The summed E-state index contributed by atoms with van der Waals surface area (Å²) in [4.78, 5) is 15.5. The van der Waals surface area contributed by atoms with Crippen LogP contribution >= 0.6 is 0 Å². The number of methoxy groups -OCH3 is 1. The summed E-state index contributed by atoms with van der Waals surface area (Å²) in [6.45, 7) is 0. The van der Waals surface area contributed by atoms with Crippen LogP contribution in [-0.2, 0) is 0 Å². The molecular weight excluding hydrogens is 328 g/mol. The van der Waals surface area contributed by atoms with Gasteiger partial charge in [-0.05, 0) is 30.3 Å². The standard InChI is InChI=1S/C20H18N4O2/c1-26-15-8-6-14(7-9-15)19-18(20(22)23)16(21)10-17(24-19)13-4-2-12(11-25)3-5-13/h2-11H,1H3,(H2,21,24)(H3,22,23). The Labute approximate surface area is 151 Å². The fraction of sp³-hybridized carbons (Fsp3) is 0.0500. The maximum atomic E-state index is 10.8. The number of nitrogens with one attached hydrogen (secondary N) is 1. The molecule has 0 aliphatic carbocycles. The van der Waals surface area contributed by atoms with Crippen molar-refractivity contribution < 1.29 is 9.53 Å². The van der Waals surface area contributed by atoms with E-state index in [9.17, 15) is 4.79 Å². The van der Waals surface area contributed by atoms with Crippen LogP contribution in [0.15, 0.2) is 54.6 Å². The molecule has 0 radical (unpaired) electrons. The summed E-state index contributed by atoms with van der Waals surface area (Å²) in [6.07, 6.45) is 0.785. The predicted molar refractivity (Wildman–Crippen MR) is 102 cm³/mol. The Bertz CT molecular complexity index is 964. The number of hydrogen-bond donors (Lipinski definition) is 3. The van der Waals surface area contributed by atoms with Gasteiger partial charge < -0.3 is 16.2 Å². The lowest BCUT2D eigenvalue weighted by Crippen LogP contribution is -2.16. The Hall–Kier alpha value is -3.67. The number of pyridine rings is 1. The molecule has 0 amide bonds. The van der Waals surface area contributed by atoms with E-state index >= 15 is 0 Å². The van der Waals surface area contributed by atoms with Crippen molar-refractivity contribution in [3.63, 3.8) is 0 Å². The predicted octanol–water partition coefficient (Wildman–Crippen LogP) is 3.10. The minimum Gasteiger partial charge on any atom is -0.497 e. The Morgan fingerprint density at radius 3 is 2.23 bits per heavy atom. The van der Waals surface area contributed by atoms with E-state index in [0.29, 0.717) is 34.0 Å². The van der Waals surface area contributed by atoms with Crippen molar-refractivity contribution in [2.45, 2.75) is 0 Å². The number of carbonyl (C=O) groups is 1. The van der Waals surface area contributed by atoms with E-state index in [1.54, 1.807) is 37.4 Å². The van der Waals surface area contributed by atoms with Crippen molar-refractivity contribution in [2.24, 2.45) is 5.73 Å². The number of amidine groups is 1. The second kappa shape index (κ2) is 7.06. The third-order valence-electron chi connectivity index (χ3n) is 4.03. The summed E-state index contributed by atoms with van der Waals surface area (Å²) in [5, 5.41) is 7.87. The lowest BCUT2D eigenvalue weighted by molar-refractivity contribution is 0.112. The fourth-order valence-corrected chi connectivity index (χ4v) is 2.69. The van der Waals surface area contributed by atoms with Gasteiger partial charge in [-0.1, -0.05) is 24.3 Å². The van der Waals surface area contributed by atoms with E-state index < -0.39 is 0 Å². The number of nitrogen functional groups attached to an aromatic ring is 2. The number of rotatable bonds is 5. The van der Waals surface area contributed by atoms with Gasteiger partial charge in [-0.25, -0.2) is 4.98 Å². The molecule has 5 N–H and O–H groups in total. The first-order valence-electron chi connectivity index (χ1n) is 7.88. The van der Waals surface area contributed by atoms with E-state index in [-0.39, 0.29) is 5.84 Å². The molecule has 0 atom stereocenters. The van der Waals surface area contributed by atoms with Gasteiger partial charge in [0.05, 0.1) is 24.1 Å². The summed E-state index contributed by atoms with van der Waals surface area (Å²) < 4.78 is 5.18. The molecule has 3 rings (SSSR count). The zero-order valence-corrected chi connectivity index (χ0v) is 14.2. The van der Waals surface area contributed by atoms with E-state index in [0.717, 1.165) is 17.4 Å². The first kappa shape index (κ1) is 17.2. The lowest BCUT2D eigenvalue weighted by Gasteiger charge is -2.14. The van der Waals surface area contributed by atoms with Crippen molar-refractivity contribution in [2.75, 3.05) is 12.8 Å². The van der Waals surface area contributed by atoms with Gasteiger partial charge >= 0.3 is 0 Å². The summed E-state index contributed by atoms with van der Waals surface area (Å²) >= 11 is 0. The molecule has 0 saturated heterocycles. The average molecular weight is 346 g/mol. The molecule has 6 nitrogen and oxygen atoms in total. The van der Waals surface area contributed by atoms with Crippen molar-refractivity contribution >= 4 is 17.8 Å². The fourth-order valence-electron chi connectivity index (χ4n) is 2.69. The Kier molecular flexibility index (Phi) is 4.66. The largest absolute Gasteiger partial charge is 0.497 e. The highest BCUT2D eigenvalue weighted by Crippen LogP contribution is 2.31. The number of nitrogens with two attached hydrogens (primary N) is 2. The van der Waals surface area contributed by atoms with Crippen LogP contribution in [0.5, 0.6) is 5.75 Å². The molecule has 0 aliphatic heterocycles. The van der Waals surface area contributed by atoms with Gasteiger partial charge in [-0.3, -0.25) is 10.2 Å². The van der Waals surface area contributed by atoms with Gasteiger partial charge in [-0.15, -0.1) is 0 Å². The minimum absolute atomic E-state index is 0.149. The van der Waals surface area contributed by atoms with Gasteiger partial charge in [0.15, 0.2) is 0 Å². The Morgan fingerprint density at radius 2 is 1.69 bits per heavy atom. The third kappa shape index (κ3) is 3.25. The molecule has 0 spiro atoms. The second-order valence-corrected chi connectivity index (χ2v) is 5.70. The zero-order chi connectivity index (χ0) is 18.7. The van der Waals surface area contributed by atoms with Gasteiger partial charge in [0, 0.05) is 22.4 Å². The number of hydrogen-bond acceptors (Lipinski definition) is 5. The summed E-state index contributed by atoms with van der Waals surface area (Å²) in [6, 6.07) is 16.0. The number of aromatic nitrogens is 1. The SMILES string of the molecule is COc1ccc(-c2nc(-c3ccc(C=O)cc3)cc(N)c2C(=N)N)cc1. The molecule has 1 heterocycles. The van der Waals surface area contributed by atoms with Crippen LogP contribution in [0.3, 0.4) is 0 Å². The number of carbonyl (C=O) groups excluding carboxylic acids is 1. The molecular formula is C20H18N4O2. The molecule has 2 aromatic carbocycles. The number of anilines is 1. The molecule has 3 aromatic rings. The average Bonchev–Trinajstić information content (AvgIpc) is 2.67. The van der Waals surface area contributed by atoms with Crippen molar-refractivity contribution in [3.05, 3.63) is 65.7 Å². The van der Waals surface area contributed by atoms with Crippen molar-refractivity contribution in [3.8, 4) is 28.3 Å². The monoisotopic (exact) mass is 346 g/mol. The number of nitrogens with zero attached hydrogens (tertiary/aromatic N) is 1. The summed E-state index contributed by atoms with van der Waals surface area (Å²) in [5.74, 6) is 0.565. The molecule has 1 aromatic heterocycles. The van der Waals surface area contributed by atoms with Gasteiger partial charge in [-0.2, -0.15) is 0 Å². The molecule has 0 bridgehead atoms. The van der Waals surface area contributed by atoms with Crippen LogP contribution < -0.4 is 16.2 Å². The summed E-state index contributed by atoms with van der Waals surface area (Å²) in [5.41, 5.74) is 16.0. The second-order valence-electron chi connectivity index (χ2n) is 5.70. The van der Waals surface area contributed by atoms with E-state index in [4.69, 9.17) is 21.6 Å². The normalized spacial score (nSPS) is 10.3. The molecule has 0 saturated carbocycles. The maximum Gasteiger partial charge on any atom is 0.150 e. The van der Waals surface area contributed by atoms with E-state index in [1.807, 2.05) is 24.3 Å². The van der Waals surface area contributed by atoms with Crippen molar-refractivity contribution in [1.82, 2.24) is 4.98 Å². The molecule has 0 fully saturated rings. The molecule has 0 aliphatic rings. The third-order valence-corrected chi connectivity index (χ3v) is 4.03. The van der Waals surface area contributed by atoms with Crippen LogP contribution in [0, 0.1) is 5.41 Å². The molecule has 0 unspecified atom stereocenters. The van der Waals surface area contributed by atoms with Gasteiger partial charge in [0.25, 0.3) is 0 Å². The number of ether oxygens (including phenoxy) is 1. The topological polar surface area (TPSA) is 115 Å². The van der Waals surface area contributed by atoms with Crippen molar-refractivity contribution in [1.29, 1.82) is 5.41 Å². The smallest absolute Gasteiger partial charge is 0.150 e. The summed E-state index contributed by atoms with van der Waals surface area (Å²) in [7, 11) is 1.59. The highest BCUT2D eigenvalue weighted by molar-refractivity contribution is 6.05. The molecule has 6 heteroatoms. The minimum atomic E-state index is -0.149. The highest BCUT2D eigenvalue weighted by atomic mass is 16.5. The maximum absolute atomic E-state index is 10.8. The van der Waals surface area contributed by atoms with Gasteiger partial charge in [0.1, 0.15) is 17.9 Å². The van der Waals surface area contributed by atoms with Crippen LogP contribution in [-0.4, -0.2) is 24.2 Å². The van der Waals surface area contributed by atoms with Crippen LogP contribution in [0.2, 0.25) is 0 Å². The first-order valence-corrected chi connectivity index (χ1v) is 7.88. The Balaban J connectivity index is 2.17. The van der Waals surface area contributed by atoms with E-state index in [1.165, 1.54) is 0 Å². The lowest BCUT2D eigenvalue weighted by atomic mass is 10.0. The molecule has 26 heavy (non-hydrogen) atoms. The van der Waals surface area contributed by atoms with Crippen LogP contribution in [0.4, 0.5) is 5.69 Å². The van der Waals surface area contributed by atoms with Crippen LogP contribution in [0.25, 0.3) is 22.5 Å². The van der Waals surface area contributed by atoms with E-state index in [2.05, 4.69) is 4.98 Å². The number of aldehydes is 1. The van der Waals surface area contributed by atoms with Gasteiger partial charge in [0.2, 0.25) is 0 Å². The Morgan fingerprint density at radius 1 is 1.08 bits per heavy atom. The number of benzene rings is 2. The highest BCUT2D eigenvalue weighted by Gasteiger charge is 2.16. The zero-order valence-electron chi connectivity index (χ0n) is 14.2.